The molecule has 1 aliphatic rings. The number of halogens is 1. The quantitative estimate of drug-likeness (QED) is 0.666. The van der Waals surface area contributed by atoms with Crippen molar-refractivity contribution in [3.05, 3.63) is 45.7 Å². The summed E-state index contributed by atoms with van der Waals surface area (Å²) in [6.07, 6.45) is 3.50. The second-order valence-electron chi connectivity index (χ2n) is 6.50. The van der Waals surface area contributed by atoms with Crippen LogP contribution in [0.5, 0.6) is 5.75 Å². The number of hydrogen-bond donors (Lipinski definition) is 0. The van der Waals surface area contributed by atoms with Gasteiger partial charge in [-0.25, -0.2) is 0 Å². The van der Waals surface area contributed by atoms with E-state index in [-0.39, 0.29) is 6.04 Å². The van der Waals surface area contributed by atoms with Gasteiger partial charge in [-0.15, -0.1) is 0 Å². The second kappa shape index (κ2) is 7.83. The van der Waals surface area contributed by atoms with Crippen LogP contribution in [0.3, 0.4) is 0 Å². The molecule has 1 saturated heterocycles. The second-order valence-corrected chi connectivity index (χ2v) is 8.22. The summed E-state index contributed by atoms with van der Waals surface area (Å²) in [5.74, 6) is 1.74. The van der Waals surface area contributed by atoms with Crippen molar-refractivity contribution in [2.75, 3.05) is 5.75 Å². The molecule has 0 N–H and O–H groups in total. The van der Waals surface area contributed by atoms with Gasteiger partial charge in [-0.3, -0.25) is 9.48 Å². The molecule has 6 heteroatoms. The van der Waals surface area contributed by atoms with Crippen LogP contribution in [0.25, 0.3) is 0 Å². The topological polar surface area (TPSA) is 44.1 Å². The first-order valence-electron chi connectivity index (χ1n) is 8.60. The van der Waals surface area contributed by atoms with Crippen LogP contribution in [-0.4, -0.2) is 22.0 Å². The lowest BCUT2D eigenvalue weighted by molar-refractivity contribution is -0.120. The van der Waals surface area contributed by atoms with Crippen LogP contribution in [0.4, 0.5) is 0 Å². The van der Waals surface area contributed by atoms with E-state index < -0.39 is 0 Å². The Bertz CT molecular complexity index is 769. The van der Waals surface area contributed by atoms with Gasteiger partial charge in [0.05, 0.1) is 17.0 Å². The Hall–Kier alpha value is -1.46. The molecular formula is C19H23ClN2O2S. The Morgan fingerprint density at radius 3 is 2.84 bits per heavy atom. The molecule has 2 aromatic rings. The summed E-state index contributed by atoms with van der Waals surface area (Å²) in [6, 6.07) is 6.12. The molecule has 0 saturated carbocycles. The third-order valence-corrected chi connectivity index (χ3v) is 6.55. The van der Waals surface area contributed by atoms with E-state index in [4.69, 9.17) is 21.4 Å². The highest BCUT2D eigenvalue weighted by Gasteiger charge is 2.29. The molecule has 2 unspecified atom stereocenters. The van der Waals surface area contributed by atoms with E-state index in [1.165, 1.54) is 12.8 Å². The van der Waals surface area contributed by atoms with Crippen LogP contribution in [0, 0.1) is 13.8 Å². The molecule has 1 aromatic carbocycles. The first-order valence-corrected chi connectivity index (χ1v) is 10.0. The molecule has 0 aliphatic carbocycles. The van der Waals surface area contributed by atoms with Gasteiger partial charge in [-0.1, -0.05) is 30.2 Å². The SMILES string of the molecule is Cc1ccc(C(C)n2nc(C)c(OC=O)c2C2CCCCS2)cc1Cl. The predicted molar refractivity (Wildman–Crippen MR) is 103 cm³/mol. The van der Waals surface area contributed by atoms with Gasteiger partial charge in [0.15, 0.2) is 5.75 Å². The van der Waals surface area contributed by atoms with Crippen LogP contribution >= 0.6 is 23.4 Å². The lowest BCUT2D eigenvalue weighted by Gasteiger charge is -2.25. The zero-order chi connectivity index (χ0) is 18.0. The number of carbonyl (C=O) groups excluding carboxylic acids is 1. The van der Waals surface area contributed by atoms with Gasteiger partial charge in [0.25, 0.3) is 6.47 Å². The molecule has 0 bridgehead atoms. The number of rotatable bonds is 5. The van der Waals surface area contributed by atoms with Crippen molar-refractivity contribution in [1.29, 1.82) is 0 Å². The van der Waals surface area contributed by atoms with Gasteiger partial charge in [0.2, 0.25) is 0 Å². The van der Waals surface area contributed by atoms with Crippen molar-refractivity contribution in [3.63, 3.8) is 0 Å². The summed E-state index contributed by atoms with van der Waals surface area (Å²) in [6.45, 7) is 6.49. The van der Waals surface area contributed by atoms with E-state index in [0.717, 1.165) is 39.7 Å². The average molecular weight is 379 g/mol. The molecule has 25 heavy (non-hydrogen) atoms. The lowest BCUT2D eigenvalue weighted by Crippen LogP contribution is -2.16. The molecule has 1 aliphatic heterocycles. The van der Waals surface area contributed by atoms with E-state index in [0.29, 0.717) is 17.5 Å². The maximum absolute atomic E-state index is 11.0. The van der Waals surface area contributed by atoms with Crippen LogP contribution < -0.4 is 4.74 Å². The average Bonchev–Trinajstić information content (AvgIpc) is 2.94. The highest BCUT2D eigenvalue weighted by molar-refractivity contribution is 7.99. The molecule has 1 aromatic heterocycles. The Labute approximate surface area is 157 Å². The largest absolute Gasteiger partial charge is 0.425 e. The molecule has 0 amide bonds. The van der Waals surface area contributed by atoms with E-state index in [1.807, 2.05) is 42.4 Å². The number of hydrogen-bond acceptors (Lipinski definition) is 4. The number of ether oxygens (including phenoxy) is 1. The Balaban J connectivity index is 2.05. The minimum atomic E-state index is 0.0123. The van der Waals surface area contributed by atoms with Crippen LogP contribution in [0.2, 0.25) is 5.02 Å². The smallest absolute Gasteiger partial charge is 0.298 e. The third kappa shape index (κ3) is 3.72. The van der Waals surface area contributed by atoms with Crippen molar-refractivity contribution < 1.29 is 9.53 Å². The predicted octanol–water partition coefficient (Wildman–Crippen LogP) is 5.26. The first kappa shape index (κ1) is 18.3. The van der Waals surface area contributed by atoms with Gasteiger partial charge < -0.3 is 4.74 Å². The molecule has 1 fully saturated rings. The summed E-state index contributed by atoms with van der Waals surface area (Å²) < 4.78 is 7.34. The summed E-state index contributed by atoms with van der Waals surface area (Å²) in [5, 5.41) is 5.76. The van der Waals surface area contributed by atoms with Crippen LogP contribution in [0.1, 0.15) is 60.0 Å². The molecular weight excluding hydrogens is 356 g/mol. The van der Waals surface area contributed by atoms with Crippen molar-refractivity contribution in [1.82, 2.24) is 9.78 Å². The summed E-state index contributed by atoms with van der Waals surface area (Å²) >= 11 is 8.23. The molecule has 0 spiro atoms. The minimum absolute atomic E-state index is 0.0123. The number of aromatic nitrogens is 2. The first-order chi connectivity index (χ1) is 12.0. The summed E-state index contributed by atoms with van der Waals surface area (Å²) in [7, 11) is 0. The van der Waals surface area contributed by atoms with Crippen molar-refractivity contribution >= 4 is 29.8 Å². The fraction of sp³-hybridized carbons (Fsp3) is 0.474. The van der Waals surface area contributed by atoms with Crippen molar-refractivity contribution in [3.8, 4) is 5.75 Å². The Morgan fingerprint density at radius 2 is 2.20 bits per heavy atom. The van der Waals surface area contributed by atoms with E-state index in [2.05, 4.69) is 13.0 Å². The fourth-order valence-electron chi connectivity index (χ4n) is 3.30. The summed E-state index contributed by atoms with van der Waals surface area (Å²) in [5.41, 5.74) is 3.91. The third-order valence-electron chi connectivity index (χ3n) is 4.76. The molecule has 2 atom stereocenters. The van der Waals surface area contributed by atoms with Gasteiger partial charge in [-0.05, 0) is 56.6 Å². The zero-order valence-electron chi connectivity index (χ0n) is 14.8. The number of aryl methyl sites for hydroxylation is 2. The molecule has 3 rings (SSSR count). The normalized spacial score (nSPS) is 18.8. The molecule has 0 radical (unpaired) electrons. The maximum atomic E-state index is 11.0. The van der Waals surface area contributed by atoms with Gasteiger partial charge >= 0.3 is 0 Å². The number of nitrogens with zero attached hydrogens (tertiary/aromatic N) is 2. The number of benzene rings is 1. The molecule has 134 valence electrons. The van der Waals surface area contributed by atoms with Crippen LogP contribution in [-0.2, 0) is 4.79 Å². The van der Waals surface area contributed by atoms with Gasteiger partial charge in [-0.2, -0.15) is 16.9 Å². The summed E-state index contributed by atoms with van der Waals surface area (Å²) in [4.78, 5) is 11.0. The number of carbonyl (C=O) groups is 1. The van der Waals surface area contributed by atoms with Crippen molar-refractivity contribution in [2.24, 2.45) is 0 Å². The zero-order valence-corrected chi connectivity index (χ0v) is 16.4. The van der Waals surface area contributed by atoms with E-state index in [1.54, 1.807) is 0 Å². The van der Waals surface area contributed by atoms with Gasteiger partial charge in [0, 0.05) is 5.02 Å². The Morgan fingerprint density at radius 1 is 1.40 bits per heavy atom. The highest BCUT2D eigenvalue weighted by atomic mass is 35.5. The van der Waals surface area contributed by atoms with Gasteiger partial charge in [0.1, 0.15) is 5.69 Å². The highest BCUT2D eigenvalue weighted by Crippen LogP contribution is 2.44. The number of thioether (sulfide) groups is 1. The molecule has 2 heterocycles. The molecule has 4 nitrogen and oxygen atoms in total. The monoisotopic (exact) mass is 378 g/mol. The standard InChI is InChI=1S/C19H23ClN2O2S/c1-12-7-8-15(10-16(12)20)14(3)22-18(17-6-4-5-9-25-17)19(24-11-23)13(2)21-22/h7-8,10-11,14,17H,4-6,9H2,1-3H3. The maximum Gasteiger partial charge on any atom is 0.298 e. The van der Waals surface area contributed by atoms with E-state index >= 15 is 0 Å². The van der Waals surface area contributed by atoms with Crippen molar-refractivity contribution in [2.45, 2.75) is 51.3 Å². The van der Waals surface area contributed by atoms with E-state index in [9.17, 15) is 4.79 Å². The van der Waals surface area contributed by atoms with Crippen LogP contribution in [0.15, 0.2) is 18.2 Å². The lowest BCUT2D eigenvalue weighted by atomic mass is 10.1. The fourth-order valence-corrected chi connectivity index (χ4v) is 4.85. The minimum Gasteiger partial charge on any atom is -0.425 e. The Kier molecular flexibility index (Phi) is 5.74.